The van der Waals surface area contributed by atoms with E-state index in [1.165, 1.54) is 91.3 Å². The summed E-state index contributed by atoms with van der Waals surface area (Å²) in [4.78, 5) is 0. The summed E-state index contributed by atoms with van der Waals surface area (Å²) >= 11 is 3.99. The van der Waals surface area contributed by atoms with Crippen LogP contribution in [0.3, 0.4) is 0 Å². The van der Waals surface area contributed by atoms with Crippen molar-refractivity contribution in [3.63, 3.8) is 0 Å². The number of fused-ring (bicyclic) bond motifs is 8. The Morgan fingerprint density at radius 1 is 0.396 bits per heavy atom. The van der Waals surface area contributed by atoms with E-state index in [0.29, 0.717) is 0 Å². The van der Waals surface area contributed by atoms with Crippen molar-refractivity contribution in [3.8, 4) is 11.4 Å². The van der Waals surface area contributed by atoms with Gasteiger partial charge in [0.1, 0.15) is 0 Å². The van der Waals surface area contributed by atoms with E-state index in [4.69, 9.17) is 0 Å². The summed E-state index contributed by atoms with van der Waals surface area (Å²) in [5.41, 5.74) is 10.0. The fourth-order valence-corrected chi connectivity index (χ4v) is 15.4. The normalized spacial score (nSPS) is 15.3. The lowest BCUT2D eigenvalue weighted by atomic mass is 10.0. The van der Waals surface area contributed by atoms with Crippen LogP contribution in [-0.2, 0) is 6.42 Å². The third-order valence-electron chi connectivity index (χ3n) is 11.6. The lowest BCUT2D eigenvalue weighted by molar-refractivity contribution is 1.17. The molecule has 2 aromatic heterocycles. The van der Waals surface area contributed by atoms with E-state index in [2.05, 4.69) is 213 Å². The van der Waals surface area contributed by atoms with Crippen LogP contribution in [0.15, 0.2) is 193 Å². The van der Waals surface area contributed by atoms with Gasteiger partial charge in [0.05, 0.1) is 22.1 Å². The molecule has 0 N–H and O–H groups in total. The first-order chi connectivity index (χ1) is 26.2. The van der Waals surface area contributed by atoms with E-state index in [1.54, 1.807) is 0 Å². The van der Waals surface area contributed by atoms with Gasteiger partial charge in [-0.25, -0.2) is 0 Å². The van der Waals surface area contributed by atoms with E-state index >= 15 is 0 Å². The summed E-state index contributed by atoms with van der Waals surface area (Å²) in [6.07, 6.45) is 0.926. The molecule has 1 aliphatic heterocycles. The molecule has 0 spiro atoms. The van der Waals surface area contributed by atoms with Crippen LogP contribution < -0.4 is 20.7 Å². The van der Waals surface area contributed by atoms with Gasteiger partial charge in [0.2, 0.25) is 0 Å². The third kappa shape index (κ3) is 4.37. The Balaban J connectivity index is 1.18. The summed E-state index contributed by atoms with van der Waals surface area (Å²) < 4.78 is 6.09. The van der Waals surface area contributed by atoms with Gasteiger partial charge in [-0.1, -0.05) is 149 Å². The number of nitrogens with zero attached hydrogens (tertiary/aromatic N) is 2. The predicted octanol–water partition coefficient (Wildman–Crippen LogP) is 9.92. The van der Waals surface area contributed by atoms with Crippen LogP contribution in [0.1, 0.15) is 11.1 Å². The molecule has 250 valence electrons. The summed E-state index contributed by atoms with van der Waals surface area (Å²) in [5, 5.41) is 10.8. The highest BCUT2D eigenvalue weighted by molar-refractivity contribution is 9.10. The number of halogens is 1. The SMILES string of the molecule is Brc1cccc2c1Cc1ccccc1[Si]2(c1ccccc1)c1cccc(-n2c3ccccc3c3cc(-n4c5ccccc5c5ccccc54)ccc32)c1. The average Bonchev–Trinajstić information content (AvgIpc) is 3.73. The number of hydrogen-bond donors (Lipinski definition) is 0. The monoisotopic (exact) mass is 756 g/mol. The highest BCUT2D eigenvalue weighted by Gasteiger charge is 2.46. The second-order valence-electron chi connectivity index (χ2n) is 14.2. The summed E-state index contributed by atoms with van der Waals surface area (Å²) in [6.45, 7) is 0. The molecule has 0 amide bonds. The molecule has 8 aromatic carbocycles. The zero-order valence-electron chi connectivity index (χ0n) is 28.9. The molecule has 0 fully saturated rings. The third-order valence-corrected chi connectivity index (χ3v) is 17.2. The summed E-state index contributed by atoms with van der Waals surface area (Å²) in [6, 6.07) is 70.2. The van der Waals surface area contributed by atoms with E-state index < -0.39 is 8.07 Å². The van der Waals surface area contributed by atoms with E-state index in [9.17, 15) is 0 Å². The van der Waals surface area contributed by atoms with Gasteiger partial charge in [0.15, 0.2) is 8.07 Å². The molecule has 0 aliphatic carbocycles. The Morgan fingerprint density at radius 3 is 1.64 bits per heavy atom. The maximum Gasteiger partial charge on any atom is 0.180 e. The lowest BCUT2D eigenvalue weighted by Crippen LogP contribution is -2.77. The van der Waals surface area contributed by atoms with Crippen LogP contribution in [0.5, 0.6) is 0 Å². The number of para-hydroxylation sites is 3. The first-order valence-corrected chi connectivity index (χ1v) is 21.1. The fourth-order valence-electron chi connectivity index (χ4n) is 9.40. The van der Waals surface area contributed by atoms with E-state index in [1.807, 2.05) is 0 Å². The molecule has 2 nitrogen and oxygen atoms in total. The van der Waals surface area contributed by atoms with E-state index in [0.717, 1.165) is 6.42 Å². The molecule has 1 unspecified atom stereocenters. The van der Waals surface area contributed by atoms with Crippen LogP contribution in [0.2, 0.25) is 0 Å². The lowest BCUT2D eigenvalue weighted by Gasteiger charge is -2.41. The Labute approximate surface area is 317 Å². The number of aromatic nitrogens is 2. The van der Waals surface area contributed by atoms with Gasteiger partial charge in [-0.3, -0.25) is 0 Å². The molecule has 0 bridgehead atoms. The second kappa shape index (κ2) is 11.8. The van der Waals surface area contributed by atoms with Gasteiger partial charge in [0, 0.05) is 37.4 Å². The smallest absolute Gasteiger partial charge is 0.180 e. The Hall–Kier alpha value is -5.94. The first kappa shape index (κ1) is 30.7. The van der Waals surface area contributed by atoms with Gasteiger partial charge < -0.3 is 9.13 Å². The molecule has 4 heteroatoms. The fraction of sp³-hybridized carbons (Fsp3) is 0.0204. The molecule has 0 saturated carbocycles. The zero-order valence-corrected chi connectivity index (χ0v) is 31.5. The van der Waals surface area contributed by atoms with Crippen molar-refractivity contribution in [2.75, 3.05) is 0 Å². The molecule has 1 aliphatic rings. The summed E-state index contributed by atoms with van der Waals surface area (Å²) in [5.74, 6) is 0. The quantitative estimate of drug-likeness (QED) is 0.158. The molecule has 1 atom stereocenters. The highest BCUT2D eigenvalue weighted by atomic mass is 79.9. The van der Waals surface area contributed by atoms with Crippen molar-refractivity contribution in [3.05, 3.63) is 204 Å². The second-order valence-corrected chi connectivity index (χ2v) is 18.8. The Bertz CT molecular complexity index is 3010. The Morgan fingerprint density at radius 2 is 0.925 bits per heavy atom. The minimum Gasteiger partial charge on any atom is -0.309 e. The van der Waals surface area contributed by atoms with Gasteiger partial charge in [-0.15, -0.1) is 0 Å². The number of hydrogen-bond acceptors (Lipinski definition) is 0. The summed E-state index contributed by atoms with van der Waals surface area (Å²) in [7, 11) is -2.73. The van der Waals surface area contributed by atoms with Gasteiger partial charge in [-0.05, 0) is 92.9 Å². The molecular formula is C49H33BrN2Si. The molecule has 0 radical (unpaired) electrons. The molecule has 53 heavy (non-hydrogen) atoms. The topological polar surface area (TPSA) is 9.86 Å². The maximum absolute atomic E-state index is 3.99. The van der Waals surface area contributed by atoms with Crippen LogP contribution in [0, 0.1) is 0 Å². The van der Waals surface area contributed by atoms with Crippen molar-refractivity contribution in [1.29, 1.82) is 0 Å². The van der Waals surface area contributed by atoms with E-state index in [-0.39, 0.29) is 0 Å². The van der Waals surface area contributed by atoms with Crippen LogP contribution >= 0.6 is 15.9 Å². The first-order valence-electron chi connectivity index (χ1n) is 18.3. The predicted molar refractivity (Wildman–Crippen MR) is 229 cm³/mol. The highest BCUT2D eigenvalue weighted by Crippen LogP contribution is 2.37. The largest absolute Gasteiger partial charge is 0.309 e. The van der Waals surface area contributed by atoms with Gasteiger partial charge in [0.25, 0.3) is 0 Å². The average molecular weight is 758 g/mol. The molecule has 11 rings (SSSR count). The van der Waals surface area contributed by atoms with Crippen LogP contribution in [-0.4, -0.2) is 17.2 Å². The minimum absolute atomic E-state index is 0.926. The van der Waals surface area contributed by atoms with Gasteiger partial charge in [-0.2, -0.15) is 0 Å². The van der Waals surface area contributed by atoms with Crippen molar-refractivity contribution in [2.24, 2.45) is 0 Å². The standard InChI is InChI=1S/C49H33BrN2Si/c50-43-22-13-27-49-42(43)30-33-14-4-11-26-48(33)53(49,36-16-2-1-3-17-36)37-18-12-15-34(31-37)51-46-25-10-7-21-40(46)41-32-35(28-29-47(41)51)52-44-23-8-5-19-38(44)39-20-6-9-24-45(39)52/h1-29,31-32H,30H2. The molecule has 3 heterocycles. The van der Waals surface area contributed by atoms with Crippen molar-refractivity contribution in [2.45, 2.75) is 6.42 Å². The van der Waals surface area contributed by atoms with Crippen LogP contribution in [0.4, 0.5) is 0 Å². The molecular weight excluding hydrogens is 725 g/mol. The molecule has 10 aromatic rings. The number of rotatable bonds is 4. The van der Waals surface area contributed by atoms with Crippen molar-refractivity contribution >= 4 is 88.4 Å². The van der Waals surface area contributed by atoms with Crippen molar-refractivity contribution in [1.82, 2.24) is 9.13 Å². The van der Waals surface area contributed by atoms with Gasteiger partial charge >= 0.3 is 0 Å². The number of benzene rings is 8. The zero-order chi connectivity index (χ0) is 35.1. The molecule has 0 saturated heterocycles. The minimum atomic E-state index is -2.73. The Kier molecular flexibility index (Phi) is 6.82. The van der Waals surface area contributed by atoms with Crippen molar-refractivity contribution < 1.29 is 0 Å². The van der Waals surface area contributed by atoms with Crippen LogP contribution in [0.25, 0.3) is 55.0 Å². The maximum atomic E-state index is 3.99.